The zero-order valence-corrected chi connectivity index (χ0v) is 16.6. The van der Waals surface area contributed by atoms with Crippen molar-refractivity contribution in [3.63, 3.8) is 0 Å². The molecule has 0 bridgehead atoms. The van der Waals surface area contributed by atoms with Crippen molar-refractivity contribution in [1.82, 2.24) is 15.1 Å². The molecule has 1 saturated heterocycles. The van der Waals surface area contributed by atoms with Crippen molar-refractivity contribution in [2.24, 2.45) is 10.4 Å². The van der Waals surface area contributed by atoms with Crippen molar-refractivity contribution >= 4 is 12.1 Å². The highest BCUT2D eigenvalue weighted by Crippen LogP contribution is 2.35. The van der Waals surface area contributed by atoms with Gasteiger partial charge in [-0.05, 0) is 33.6 Å². The van der Waals surface area contributed by atoms with Gasteiger partial charge < -0.3 is 25.0 Å². The molecule has 2 N–H and O–H groups in total. The van der Waals surface area contributed by atoms with E-state index in [-0.39, 0.29) is 23.7 Å². The van der Waals surface area contributed by atoms with Gasteiger partial charge in [0.2, 0.25) is 0 Å². The molecule has 3 unspecified atom stereocenters. The first kappa shape index (κ1) is 19.3. The zero-order valence-electron chi connectivity index (χ0n) is 16.6. The maximum Gasteiger partial charge on any atom is 0.410 e. The van der Waals surface area contributed by atoms with Crippen LogP contribution in [-0.4, -0.2) is 77.4 Å². The van der Waals surface area contributed by atoms with Gasteiger partial charge in [0, 0.05) is 31.6 Å². The van der Waals surface area contributed by atoms with Crippen LogP contribution in [0.3, 0.4) is 0 Å². The molecule has 2 fully saturated rings. The molecule has 1 amide bonds. The minimum absolute atomic E-state index is 0.0861. The van der Waals surface area contributed by atoms with Crippen LogP contribution in [0, 0.1) is 5.41 Å². The topological polar surface area (TPSA) is 77.4 Å². The molecule has 0 radical (unpaired) electrons. The van der Waals surface area contributed by atoms with Gasteiger partial charge in [-0.25, -0.2) is 4.79 Å². The van der Waals surface area contributed by atoms with Gasteiger partial charge in [0.25, 0.3) is 0 Å². The monoisotopic (exact) mass is 366 g/mol. The Labute approximate surface area is 156 Å². The highest BCUT2D eigenvalue weighted by molar-refractivity contribution is 5.82. The number of aliphatic hydroxyl groups excluding tert-OH is 1. The standard InChI is InChI=1S/C19H34N4O3/c1-18(2,3)26-17(25)22-9-10-23-14(12-22)11-20-16(23)21-13-19(4)8-6-5-7-15(19)24/h14-15,24H,5-13H2,1-4H3,(H,20,21). The second-order valence-corrected chi connectivity index (χ2v) is 9.21. The quantitative estimate of drug-likeness (QED) is 0.779. The number of fused-ring (bicyclic) bond motifs is 1. The minimum atomic E-state index is -0.469. The first-order chi connectivity index (χ1) is 12.2. The fourth-order valence-electron chi connectivity index (χ4n) is 4.09. The van der Waals surface area contributed by atoms with Gasteiger partial charge in [-0.1, -0.05) is 19.8 Å². The summed E-state index contributed by atoms with van der Waals surface area (Å²) in [5.74, 6) is 0.915. The number of nitrogens with one attached hydrogen (secondary N) is 1. The third-order valence-corrected chi connectivity index (χ3v) is 5.79. The van der Waals surface area contributed by atoms with Crippen molar-refractivity contribution in [1.29, 1.82) is 0 Å². The Bertz CT molecular complexity index is 559. The lowest BCUT2D eigenvalue weighted by Crippen LogP contribution is -2.58. The van der Waals surface area contributed by atoms with E-state index in [0.717, 1.165) is 38.3 Å². The molecule has 0 aromatic heterocycles. The maximum absolute atomic E-state index is 12.3. The number of amides is 1. The summed E-state index contributed by atoms with van der Waals surface area (Å²) in [6, 6.07) is 0.211. The van der Waals surface area contributed by atoms with E-state index < -0.39 is 5.60 Å². The summed E-state index contributed by atoms with van der Waals surface area (Å²) < 4.78 is 5.49. The zero-order chi connectivity index (χ0) is 18.9. The second-order valence-electron chi connectivity index (χ2n) is 9.21. The van der Waals surface area contributed by atoms with E-state index in [1.165, 1.54) is 6.42 Å². The third-order valence-electron chi connectivity index (χ3n) is 5.79. The molecule has 3 rings (SSSR count). The Hall–Kier alpha value is -1.50. The van der Waals surface area contributed by atoms with E-state index in [4.69, 9.17) is 4.74 Å². The lowest BCUT2D eigenvalue weighted by Gasteiger charge is -2.41. The van der Waals surface area contributed by atoms with Crippen LogP contribution in [0.2, 0.25) is 0 Å². The Balaban J connectivity index is 1.51. The number of hydrogen-bond donors (Lipinski definition) is 2. The number of carbonyl (C=O) groups excluding carboxylic acids is 1. The number of aliphatic hydroxyl groups is 1. The number of aliphatic imine (C=N–C) groups is 1. The van der Waals surface area contributed by atoms with Gasteiger partial charge in [0.1, 0.15) is 5.60 Å². The fraction of sp³-hybridized carbons (Fsp3) is 0.895. The molecule has 0 spiro atoms. The fourth-order valence-corrected chi connectivity index (χ4v) is 4.09. The van der Waals surface area contributed by atoms with E-state index >= 15 is 0 Å². The number of piperazine rings is 1. The molecule has 26 heavy (non-hydrogen) atoms. The van der Waals surface area contributed by atoms with Crippen LogP contribution in [0.4, 0.5) is 4.79 Å². The molecule has 1 saturated carbocycles. The van der Waals surface area contributed by atoms with Crippen LogP contribution in [0.25, 0.3) is 0 Å². The van der Waals surface area contributed by atoms with E-state index in [1.807, 2.05) is 20.8 Å². The lowest BCUT2D eigenvalue weighted by atomic mass is 9.73. The van der Waals surface area contributed by atoms with Crippen LogP contribution in [0.1, 0.15) is 53.4 Å². The molecule has 2 aliphatic heterocycles. The van der Waals surface area contributed by atoms with Crippen molar-refractivity contribution in [3.8, 4) is 0 Å². The second kappa shape index (κ2) is 7.25. The van der Waals surface area contributed by atoms with Crippen molar-refractivity contribution in [2.45, 2.75) is 71.1 Å². The molecule has 2 heterocycles. The molecule has 1 aliphatic carbocycles. The average molecular weight is 367 g/mol. The summed E-state index contributed by atoms with van der Waals surface area (Å²) in [5, 5.41) is 13.9. The van der Waals surface area contributed by atoms with Crippen LogP contribution < -0.4 is 5.32 Å². The van der Waals surface area contributed by atoms with E-state index in [9.17, 15) is 9.90 Å². The number of nitrogens with zero attached hydrogens (tertiary/aromatic N) is 3. The molecule has 7 heteroatoms. The first-order valence-corrected chi connectivity index (χ1v) is 9.89. The van der Waals surface area contributed by atoms with Crippen LogP contribution >= 0.6 is 0 Å². The van der Waals surface area contributed by atoms with Crippen LogP contribution in [0.5, 0.6) is 0 Å². The average Bonchev–Trinajstić information content (AvgIpc) is 2.97. The Morgan fingerprint density at radius 2 is 2.15 bits per heavy atom. The summed E-state index contributed by atoms with van der Waals surface area (Å²) >= 11 is 0. The molecular formula is C19H34N4O3. The smallest absolute Gasteiger partial charge is 0.410 e. The minimum Gasteiger partial charge on any atom is -0.444 e. The van der Waals surface area contributed by atoms with Gasteiger partial charge in [0.05, 0.1) is 18.7 Å². The predicted octanol–water partition coefficient (Wildman–Crippen LogP) is 1.81. The molecule has 0 aromatic carbocycles. The summed E-state index contributed by atoms with van der Waals surface area (Å²) in [5.41, 5.74) is -0.555. The lowest BCUT2D eigenvalue weighted by molar-refractivity contribution is 0.00281. The summed E-state index contributed by atoms with van der Waals surface area (Å²) in [6.07, 6.45) is 3.75. The maximum atomic E-state index is 12.3. The highest BCUT2D eigenvalue weighted by Gasteiger charge is 2.39. The Kier molecular flexibility index (Phi) is 5.37. The van der Waals surface area contributed by atoms with Gasteiger partial charge in [-0.3, -0.25) is 4.99 Å². The van der Waals surface area contributed by atoms with Gasteiger partial charge in [-0.2, -0.15) is 0 Å². The van der Waals surface area contributed by atoms with E-state index in [1.54, 1.807) is 4.90 Å². The normalized spacial score (nSPS) is 32.1. The van der Waals surface area contributed by atoms with Crippen molar-refractivity contribution in [2.75, 3.05) is 32.7 Å². The van der Waals surface area contributed by atoms with E-state index in [2.05, 4.69) is 22.1 Å². The summed E-state index contributed by atoms with van der Waals surface area (Å²) in [4.78, 5) is 21.0. The number of rotatable bonds is 2. The van der Waals surface area contributed by atoms with E-state index in [0.29, 0.717) is 19.6 Å². The first-order valence-electron chi connectivity index (χ1n) is 9.89. The Morgan fingerprint density at radius 1 is 1.38 bits per heavy atom. The molecule has 3 atom stereocenters. The SMILES string of the molecule is CC(C)(C)OC(=O)N1CCN2C(NCC3(C)CCCCC3O)=NCC2C1. The van der Waals surface area contributed by atoms with Gasteiger partial charge in [-0.15, -0.1) is 0 Å². The van der Waals surface area contributed by atoms with Crippen LogP contribution in [-0.2, 0) is 4.74 Å². The van der Waals surface area contributed by atoms with Crippen LogP contribution in [0.15, 0.2) is 4.99 Å². The molecular weight excluding hydrogens is 332 g/mol. The molecule has 148 valence electrons. The van der Waals surface area contributed by atoms with Gasteiger partial charge in [0.15, 0.2) is 5.96 Å². The van der Waals surface area contributed by atoms with Crippen molar-refractivity contribution < 1.29 is 14.6 Å². The summed E-state index contributed by atoms with van der Waals surface area (Å²) in [6.45, 7) is 11.3. The largest absolute Gasteiger partial charge is 0.444 e. The molecule has 0 aromatic rings. The number of carbonyl (C=O) groups is 1. The highest BCUT2D eigenvalue weighted by atomic mass is 16.6. The predicted molar refractivity (Wildman–Crippen MR) is 101 cm³/mol. The summed E-state index contributed by atoms with van der Waals surface area (Å²) in [7, 11) is 0. The number of hydrogen-bond acceptors (Lipinski definition) is 6. The third kappa shape index (κ3) is 4.24. The molecule has 3 aliphatic rings. The van der Waals surface area contributed by atoms with Crippen molar-refractivity contribution in [3.05, 3.63) is 0 Å². The molecule has 7 nitrogen and oxygen atoms in total. The number of guanidine groups is 1. The Morgan fingerprint density at radius 3 is 2.85 bits per heavy atom. The van der Waals surface area contributed by atoms with Gasteiger partial charge >= 0.3 is 6.09 Å². The number of ether oxygens (including phenoxy) is 1.